The van der Waals surface area contributed by atoms with Crippen LogP contribution in [-0.4, -0.2) is 17.5 Å². The van der Waals surface area contributed by atoms with Crippen molar-refractivity contribution in [1.82, 2.24) is 4.98 Å². The summed E-state index contributed by atoms with van der Waals surface area (Å²) in [5.41, 5.74) is 4.75. The minimum absolute atomic E-state index is 0.0644. The predicted molar refractivity (Wildman–Crippen MR) is 41.9 cm³/mol. The van der Waals surface area contributed by atoms with E-state index in [4.69, 9.17) is 5.73 Å². The Bertz CT molecular complexity index is 288. The van der Waals surface area contributed by atoms with Crippen LogP contribution in [0.15, 0.2) is 18.5 Å². The molecule has 0 radical (unpaired) electrons. The topological polar surface area (TPSA) is 38.9 Å². The third-order valence-corrected chi connectivity index (χ3v) is 1.60. The number of hydrogen-bond donors (Lipinski definition) is 1. The molecule has 72 valence electrons. The second kappa shape index (κ2) is 3.74. The standard InChI is InChI=1S/C8H9F3N2/c9-7-4-13-2-1-6(7)3-8(10,11)5-12/h1-2,4H,3,5,12H2. The molecule has 0 aliphatic rings. The molecule has 2 N–H and O–H groups in total. The Morgan fingerprint density at radius 2 is 2.15 bits per heavy atom. The lowest BCUT2D eigenvalue weighted by Gasteiger charge is -2.13. The van der Waals surface area contributed by atoms with Gasteiger partial charge in [0, 0.05) is 12.6 Å². The van der Waals surface area contributed by atoms with Crippen molar-refractivity contribution in [2.75, 3.05) is 6.54 Å². The van der Waals surface area contributed by atoms with Gasteiger partial charge in [0.25, 0.3) is 5.92 Å². The van der Waals surface area contributed by atoms with Crippen molar-refractivity contribution in [3.63, 3.8) is 0 Å². The Labute approximate surface area is 73.6 Å². The molecule has 13 heavy (non-hydrogen) atoms. The summed E-state index contributed by atoms with van der Waals surface area (Å²) in [4.78, 5) is 3.45. The average Bonchev–Trinajstić information content (AvgIpc) is 2.09. The zero-order chi connectivity index (χ0) is 9.90. The second-order valence-corrected chi connectivity index (χ2v) is 2.70. The van der Waals surface area contributed by atoms with Crippen molar-refractivity contribution < 1.29 is 13.2 Å². The van der Waals surface area contributed by atoms with Crippen molar-refractivity contribution in [3.8, 4) is 0 Å². The van der Waals surface area contributed by atoms with E-state index in [2.05, 4.69) is 4.98 Å². The Morgan fingerprint density at radius 1 is 1.46 bits per heavy atom. The number of halogens is 3. The maximum atomic E-state index is 12.8. The maximum absolute atomic E-state index is 12.8. The van der Waals surface area contributed by atoms with Gasteiger partial charge in [-0.3, -0.25) is 4.98 Å². The van der Waals surface area contributed by atoms with Gasteiger partial charge in [0.05, 0.1) is 12.7 Å². The van der Waals surface area contributed by atoms with Gasteiger partial charge in [-0.2, -0.15) is 0 Å². The summed E-state index contributed by atoms with van der Waals surface area (Å²) in [5.74, 6) is -3.78. The average molecular weight is 190 g/mol. The number of nitrogens with zero attached hydrogens (tertiary/aromatic N) is 1. The summed E-state index contributed by atoms with van der Waals surface area (Å²) >= 11 is 0. The molecule has 0 saturated carbocycles. The van der Waals surface area contributed by atoms with Crippen molar-refractivity contribution in [3.05, 3.63) is 29.8 Å². The number of rotatable bonds is 3. The van der Waals surface area contributed by atoms with E-state index in [1.807, 2.05) is 0 Å². The molecule has 0 unspecified atom stereocenters. The Balaban J connectivity index is 2.80. The van der Waals surface area contributed by atoms with Gasteiger partial charge in [-0.05, 0) is 11.6 Å². The summed E-state index contributed by atoms with van der Waals surface area (Å²) in [6.45, 7) is -0.783. The molecule has 1 heterocycles. The fourth-order valence-corrected chi connectivity index (χ4v) is 0.898. The second-order valence-electron chi connectivity index (χ2n) is 2.70. The smallest absolute Gasteiger partial charge is 0.264 e. The van der Waals surface area contributed by atoms with Crippen LogP contribution in [0.4, 0.5) is 13.2 Å². The molecule has 0 amide bonds. The van der Waals surface area contributed by atoms with Crippen LogP contribution in [0.1, 0.15) is 5.56 Å². The molecule has 1 aromatic heterocycles. The maximum Gasteiger partial charge on any atom is 0.264 e. The molecule has 1 aromatic rings. The zero-order valence-electron chi connectivity index (χ0n) is 6.80. The Morgan fingerprint density at radius 3 is 2.69 bits per heavy atom. The fourth-order valence-electron chi connectivity index (χ4n) is 0.898. The van der Waals surface area contributed by atoms with E-state index in [-0.39, 0.29) is 5.56 Å². The van der Waals surface area contributed by atoms with Crippen molar-refractivity contribution >= 4 is 0 Å². The van der Waals surface area contributed by atoms with Crippen molar-refractivity contribution in [1.29, 1.82) is 0 Å². The van der Waals surface area contributed by atoms with Crippen molar-refractivity contribution in [2.45, 2.75) is 12.3 Å². The first-order valence-electron chi connectivity index (χ1n) is 3.71. The van der Waals surface area contributed by atoms with Crippen LogP contribution in [0.2, 0.25) is 0 Å². The van der Waals surface area contributed by atoms with Gasteiger partial charge in [-0.15, -0.1) is 0 Å². The minimum Gasteiger partial charge on any atom is -0.325 e. The van der Waals surface area contributed by atoms with Gasteiger partial charge in [-0.1, -0.05) is 0 Å². The molecular formula is C8H9F3N2. The number of alkyl halides is 2. The summed E-state index contributed by atoms with van der Waals surface area (Å²) in [6, 6.07) is 1.22. The first-order chi connectivity index (χ1) is 6.05. The summed E-state index contributed by atoms with van der Waals surface area (Å²) in [7, 11) is 0. The SMILES string of the molecule is NCC(F)(F)Cc1ccncc1F. The molecule has 0 aliphatic carbocycles. The predicted octanol–water partition coefficient (Wildman–Crippen LogP) is 1.36. The fraction of sp³-hybridized carbons (Fsp3) is 0.375. The highest BCUT2D eigenvalue weighted by Crippen LogP contribution is 2.19. The van der Waals surface area contributed by atoms with Crippen LogP contribution in [0.25, 0.3) is 0 Å². The third-order valence-electron chi connectivity index (χ3n) is 1.60. The van der Waals surface area contributed by atoms with Crippen LogP contribution in [0.3, 0.4) is 0 Å². The van der Waals surface area contributed by atoms with E-state index in [9.17, 15) is 13.2 Å². The summed E-state index contributed by atoms with van der Waals surface area (Å²) < 4.78 is 38.2. The van der Waals surface area contributed by atoms with Gasteiger partial charge < -0.3 is 5.73 Å². The van der Waals surface area contributed by atoms with Gasteiger partial charge in [0.15, 0.2) is 0 Å². The van der Waals surface area contributed by atoms with E-state index in [0.29, 0.717) is 0 Å². The van der Waals surface area contributed by atoms with Crippen LogP contribution >= 0.6 is 0 Å². The van der Waals surface area contributed by atoms with E-state index < -0.39 is 24.7 Å². The Kier molecular flexibility index (Phi) is 2.87. The monoisotopic (exact) mass is 190 g/mol. The van der Waals surface area contributed by atoms with E-state index >= 15 is 0 Å². The molecule has 0 spiro atoms. The number of aromatic nitrogens is 1. The van der Waals surface area contributed by atoms with Gasteiger partial charge >= 0.3 is 0 Å². The highest BCUT2D eigenvalue weighted by molar-refractivity contribution is 5.14. The minimum atomic E-state index is -3.05. The molecule has 0 saturated heterocycles. The first kappa shape index (κ1) is 9.98. The zero-order valence-corrected chi connectivity index (χ0v) is 6.80. The molecule has 0 fully saturated rings. The van der Waals surface area contributed by atoms with E-state index in [1.54, 1.807) is 0 Å². The van der Waals surface area contributed by atoms with Crippen LogP contribution in [0, 0.1) is 5.82 Å². The normalized spacial score (nSPS) is 11.7. The van der Waals surface area contributed by atoms with Gasteiger partial charge in [0.1, 0.15) is 5.82 Å². The summed E-state index contributed by atoms with van der Waals surface area (Å²) in [6.07, 6.45) is 1.49. The Hall–Kier alpha value is -1.10. The lowest BCUT2D eigenvalue weighted by Crippen LogP contribution is -2.30. The lowest BCUT2D eigenvalue weighted by atomic mass is 10.1. The first-order valence-corrected chi connectivity index (χ1v) is 3.71. The lowest BCUT2D eigenvalue weighted by molar-refractivity contribution is 0.0106. The highest BCUT2D eigenvalue weighted by atomic mass is 19.3. The molecule has 0 bridgehead atoms. The molecule has 0 aliphatic heterocycles. The molecule has 2 nitrogen and oxygen atoms in total. The number of pyridine rings is 1. The molecule has 0 atom stereocenters. The largest absolute Gasteiger partial charge is 0.325 e. The van der Waals surface area contributed by atoms with Crippen LogP contribution in [-0.2, 0) is 6.42 Å². The van der Waals surface area contributed by atoms with Crippen LogP contribution < -0.4 is 5.73 Å². The van der Waals surface area contributed by atoms with Gasteiger partial charge in [-0.25, -0.2) is 13.2 Å². The quantitative estimate of drug-likeness (QED) is 0.781. The molecular weight excluding hydrogens is 181 g/mol. The van der Waals surface area contributed by atoms with Gasteiger partial charge in [0.2, 0.25) is 0 Å². The van der Waals surface area contributed by atoms with E-state index in [0.717, 1.165) is 6.20 Å². The highest BCUT2D eigenvalue weighted by Gasteiger charge is 2.28. The van der Waals surface area contributed by atoms with E-state index in [1.165, 1.54) is 12.3 Å². The van der Waals surface area contributed by atoms with Crippen molar-refractivity contribution in [2.24, 2.45) is 5.73 Å². The molecule has 1 rings (SSSR count). The molecule has 0 aromatic carbocycles. The summed E-state index contributed by atoms with van der Waals surface area (Å²) in [5, 5.41) is 0. The molecule has 5 heteroatoms. The third kappa shape index (κ3) is 2.69. The number of hydrogen-bond acceptors (Lipinski definition) is 2. The number of nitrogens with two attached hydrogens (primary N) is 1. The van der Waals surface area contributed by atoms with Crippen LogP contribution in [0.5, 0.6) is 0 Å².